The monoisotopic (exact) mass is 427 g/mol. The Morgan fingerprint density at radius 2 is 1.93 bits per heavy atom. The molecule has 0 radical (unpaired) electrons. The molecule has 0 bridgehead atoms. The Hall–Kier alpha value is -1.90. The summed E-state index contributed by atoms with van der Waals surface area (Å²) >= 11 is 0. The summed E-state index contributed by atoms with van der Waals surface area (Å²) in [4.78, 5) is 12.5. The van der Waals surface area contributed by atoms with Crippen LogP contribution in [0.1, 0.15) is 35.7 Å². The maximum absolute atomic E-state index is 13.3. The Kier molecular flexibility index (Phi) is 9.13. The van der Waals surface area contributed by atoms with Crippen LogP contribution in [0.5, 0.6) is 0 Å². The van der Waals surface area contributed by atoms with E-state index in [1.807, 2.05) is 6.92 Å². The third-order valence-corrected chi connectivity index (χ3v) is 6.16. The molecule has 1 atom stereocenters. The number of aliphatic hydroxyl groups excluding tert-OH is 1. The lowest BCUT2D eigenvalue weighted by Gasteiger charge is -2.14. The van der Waals surface area contributed by atoms with Gasteiger partial charge in [-0.3, -0.25) is 4.79 Å². The van der Waals surface area contributed by atoms with Crippen molar-refractivity contribution in [1.82, 2.24) is 0 Å². The molecule has 0 saturated heterocycles. The minimum Gasteiger partial charge on any atom is -0.396 e. The van der Waals surface area contributed by atoms with Crippen molar-refractivity contribution >= 4 is 34.9 Å². The maximum atomic E-state index is 13.3. The van der Waals surface area contributed by atoms with Crippen molar-refractivity contribution in [1.29, 1.82) is 0 Å². The van der Waals surface area contributed by atoms with E-state index in [2.05, 4.69) is 5.32 Å². The van der Waals surface area contributed by atoms with Crippen LogP contribution in [0.25, 0.3) is 0 Å². The molecule has 2 aromatic rings. The van der Waals surface area contributed by atoms with Crippen molar-refractivity contribution in [3.63, 3.8) is 0 Å². The number of sulfone groups is 1. The highest BCUT2D eigenvalue weighted by Gasteiger charge is 2.21. The van der Waals surface area contributed by atoms with Gasteiger partial charge < -0.3 is 10.4 Å². The molecule has 2 aromatic carbocycles. The predicted molar refractivity (Wildman–Crippen MR) is 113 cm³/mol. The van der Waals surface area contributed by atoms with Gasteiger partial charge in [0.25, 0.3) is 5.91 Å². The number of nitrogens with one attached hydrogen (secondary N) is 1. The second kappa shape index (κ2) is 10.6. The molecule has 0 aromatic heterocycles. The number of amides is 1. The summed E-state index contributed by atoms with van der Waals surface area (Å²) in [6, 6.07) is 9.98. The fourth-order valence-corrected chi connectivity index (χ4v) is 4.48. The van der Waals surface area contributed by atoms with E-state index in [-0.39, 0.29) is 48.0 Å². The first kappa shape index (κ1) is 24.1. The summed E-state index contributed by atoms with van der Waals surface area (Å²) in [7, 11) is -3.62. The molecule has 2 N–H and O–H groups in total. The summed E-state index contributed by atoms with van der Waals surface area (Å²) in [5.74, 6) is -1.35. The van der Waals surface area contributed by atoms with E-state index in [0.717, 1.165) is 6.42 Å². The lowest BCUT2D eigenvalue weighted by Crippen LogP contribution is -2.20. The highest BCUT2D eigenvalue weighted by atomic mass is 32.2. The minimum atomic E-state index is -3.62. The third kappa shape index (κ3) is 6.32. The first-order chi connectivity index (χ1) is 12.8. The molecular formula is C20H26FNO4S2. The van der Waals surface area contributed by atoms with E-state index in [0.29, 0.717) is 17.7 Å². The molecule has 0 fully saturated rings. The van der Waals surface area contributed by atoms with Gasteiger partial charge in [-0.2, -0.15) is 13.5 Å². The van der Waals surface area contributed by atoms with Crippen LogP contribution in [-0.4, -0.2) is 31.8 Å². The van der Waals surface area contributed by atoms with Crippen molar-refractivity contribution < 1.29 is 22.7 Å². The van der Waals surface area contributed by atoms with Gasteiger partial charge in [-0.15, -0.1) is 0 Å². The number of anilines is 1. The normalized spacial score (nSPS) is 12.1. The van der Waals surface area contributed by atoms with Crippen LogP contribution < -0.4 is 5.32 Å². The van der Waals surface area contributed by atoms with E-state index >= 15 is 0 Å². The first-order valence-corrected chi connectivity index (χ1v) is 10.4. The van der Waals surface area contributed by atoms with Crippen LogP contribution in [0.15, 0.2) is 47.4 Å². The number of aryl methyl sites for hydroxylation is 1. The van der Waals surface area contributed by atoms with Crippen molar-refractivity contribution in [2.24, 2.45) is 5.92 Å². The van der Waals surface area contributed by atoms with Crippen LogP contribution in [0.4, 0.5) is 10.1 Å². The van der Waals surface area contributed by atoms with E-state index < -0.39 is 15.7 Å². The summed E-state index contributed by atoms with van der Waals surface area (Å²) < 4.78 is 38.5. The van der Waals surface area contributed by atoms with Gasteiger partial charge in [0.2, 0.25) is 0 Å². The first-order valence-electron chi connectivity index (χ1n) is 8.78. The minimum absolute atomic E-state index is 0. The quantitative estimate of drug-likeness (QED) is 0.673. The van der Waals surface area contributed by atoms with Gasteiger partial charge in [-0.05, 0) is 61.2 Å². The lowest BCUT2D eigenvalue weighted by molar-refractivity contribution is 0.102. The van der Waals surface area contributed by atoms with Crippen LogP contribution in [-0.2, 0) is 9.84 Å². The summed E-state index contributed by atoms with van der Waals surface area (Å²) in [6.45, 7) is 3.32. The van der Waals surface area contributed by atoms with Crippen molar-refractivity contribution in [2.45, 2.75) is 31.6 Å². The molecule has 0 spiro atoms. The molecule has 1 amide bonds. The van der Waals surface area contributed by atoms with Crippen LogP contribution in [0.3, 0.4) is 0 Å². The number of carbonyl (C=O) groups is 1. The molecule has 154 valence electrons. The Bertz CT molecular complexity index is 916. The zero-order chi connectivity index (χ0) is 20.0. The van der Waals surface area contributed by atoms with E-state index in [9.17, 15) is 22.7 Å². The average Bonchev–Trinajstić information content (AvgIpc) is 2.64. The smallest absolute Gasteiger partial charge is 0.255 e. The second-order valence-electron chi connectivity index (χ2n) is 6.56. The van der Waals surface area contributed by atoms with Crippen LogP contribution in [0, 0.1) is 18.7 Å². The van der Waals surface area contributed by atoms with Crippen molar-refractivity contribution in [3.8, 4) is 0 Å². The van der Waals surface area contributed by atoms with Crippen molar-refractivity contribution in [2.75, 3.05) is 17.7 Å². The van der Waals surface area contributed by atoms with Crippen LogP contribution in [0.2, 0.25) is 0 Å². The Morgan fingerprint density at radius 1 is 1.21 bits per heavy atom. The topological polar surface area (TPSA) is 83.5 Å². The van der Waals surface area contributed by atoms with Gasteiger partial charge in [0.15, 0.2) is 9.84 Å². The molecule has 5 nitrogen and oxygen atoms in total. The predicted octanol–water partition coefficient (Wildman–Crippen LogP) is 3.68. The average molecular weight is 428 g/mol. The molecule has 0 aliphatic carbocycles. The summed E-state index contributed by atoms with van der Waals surface area (Å²) in [6.07, 6.45) is 1.39. The number of rotatable bonds is 8. The van der Waals surface area contributed by atoms with E-state index in [4.69, 9.17) is 0 Å². The zero-order valence-electron chi connectivity index (χ0n) is 15.9. The number of aliphatic hydroxyl groups is 1. The molecule has 0 aliphatic heterocycles. The maximum Gasteiger partial charge on any atom is 0.255 e. The summed E-state index contributed by atoms with van der Waals surface area (Å²) in [5.41, 5.74) is 1.01. The Labute approximate surface area is 172 Å². The van der Waals surface area contributed by atoms with Gasteiger partial charge in [0.05, 0.1) is 10.6 Å². The number of hydrogen-bond acceptors (Lipinski definition) is 4. The standard InChI is InChI=1S/C20H24FNO4S.H2S/c1-3-5-15(12-23)13-27(25,26)18-7-4-6-16(11-18)20(24)22-17-8-9-19(21)14(2)10-17;/h4,6-11,15,23H,3,5,12-13H2,1-2H3,(H,22,24);1H2/t15-;/m0./s1. The lowest BCUT2D eigenvalue weighted by atomic mass is 10.1. The van der Waals surface area contributed by atoms with E-state index in [1.54, 1.807) is 6.92 Å². The Balaban J connectivity index is 0.00000392. The zero-order valence-corrected chi connectivity index (χ0v) is 17.7. The number of hydrogen-bond donors (Lipinski definition) is 2. The number of halogens is 1. The molecule has 0 unspecified atom stereocenters. The van der Waals surface area contributed by atoms with Gasteiger partial charge >= 0.3 is 0 Å². The SMILES string of the molecule is CCC[C@@H](CO)CS(=O)(=O)c1cccc(C(=O)Nc2ccc(F)c(C)c2)c1.S. The summed E-state index contributed by atoms with van der Waals surface area (Å²) in [5, 5.41) is 12.0. The third-order valence-electron chi connectivity index (χ3n) is 4.28. The van der Waals surface area contributed by atoms with Crippen LogP contribution >= 0.6 is 13.5 Å². The fraction of sp³-hybridized carbons (Fsp3) is 0.350. The molecule has 8 heteroatoms. The van der Waals surface area contributed by atoms with Gasteiger partial charge in [-0.1, -0.05) is 19.4 Å². The van der Waals surface area contributed by atoms with E-state index in [1.165, 1.54) is 42.5 Å². The molecule has 0 saturated carbocycles. The van der Waals surface area contributed by atoms with Gasteiger partial charge in [0.1, 0.15) is 5.82 Å². The molecule has 28 heavy (non-hydrogen) atoms. The number of carbonyl (C=O) groups excluding carboxylic acids is 1. The fourth-order valence-electron chi connectivity index (χ4n) is 2.80. The Morgan fingerprint density at radius 3 is 2.54 bits per heavy atom. The molecule has 0 aliphatic rings. The highest BCUT2D eigenvalue weighted by molar-refractivity contribution is 7.91. The molecule has 0 heterocycles. The van der Waals surface area contributed by atoms with Gasteiger partial charge in [0, 0.05) is 17.9 Å². The highest BCUT2D eigenvalue weighted by Crippen LogP contribution is 2.20. The van der Waals surface area contributed by atoms with Gasteiger partial charge in [-0.25, -0.2) is 12.8 Å². The van der Waals surface area contributed by atoms with Crippen molar-refractivity contribution in [3.05, 3.63) is 59.4 Å². The number of benzene rings is 2. The molecular weight excluding hydrogens is 401 g/mol. The second-order valence-corrected chi connectivity index (χ2v) is 8.60. The largest absolute Gasteiger partial charge is 0.396 e. The molecule has 2 rings (SSSR count).